The summed E-state index contributed by atoms with van der Waals surface area (Å²) in [5.74, 6) is 0.561. The topological polar surface area (TPSA) is 20.2 Å². The highest BCUT2D eigenvalue weighted by Crippen LogP contribution is 2.28. The van der Waals surface area contributed by atoms with Gasteiger partial charge in [-0.05, 0) is 48.8 Å². The maximum atomic E-state index is 10.4. The van der Waals surface area contributed by atoms with E-state index < -0.39 is 0 Å². The lowest BCUT2D eigenvalue weighted by atomic mass is 9.95. The Kier molecular flexibility index (Phi) is 9.21. The van der Waals surface area contributed by atoms with Crippen LogP contribution in [-0.2, 0) is 19.3 Å². The molecule has 0 aliphatic carbocycles. The third-order valence-electron chi connectivity index (χ3n) is 4.33. The lowest BCUT2D eigenvalue weighted by molar-refractivity contribution is 0.459. The molecule has 1 nitrogen and oxygen atoms in total. The number of rotatable bonds is 11. The number of unbranched alkanes of at least 4 members (excludes halogenated alkanes) is 6. The molecule has 0 fully saturated rings. The number of phenolic OH excluding ortho intramolecular Hbond substituents is 1. The fourth-order valence-corrected chi connectivity index (χ4v) is 2.93. The Hall–Kier alpha value is -0.980. The number of aryl methyl sites for hydroxylation is 3. The zero-order chi connectivity index (χ0) is 15.5. The molecule has 0 bridgehead atoms. The predicted octanol–water partition coefficient (Wildman–Crippen LogP) is 6.20. The molecular weight excluding hydrogens is 256 g/mol. The van der Waals surface area contributed by atoms with Crippen LogP contribution in [0.5, 0.6) is 5.75 Å². The summed E-state index contributed by atoms with van der Waals surface area (Å²) in [5.41, 5.74) is 3.73. The van der Waals surface area contributed by atoms with E-state index in [4.69, 9.17) is 0 Å². The van der Waals surface area contributed by atoms with Gasteiger partial charge in [-0.2, -0.15) is 0 Å². The Balaban J connectivity index is 2.66. The van der Waals surface area contributed by atoms with Crippen molar-refractivity contribution in [2.45, 2.75) is 91.4 Å². The average Bonchev–Trinajstić information content (AvgIpc) is 2.50. The highest BCUT2D eigenvalue weighted by molar-refractivity contribution is 5.44. The number of hydrogen-bond donors (Lipinski definition) is 1. The molecule has 0 amide bonds. The summed E-state index contributed by atoms with van der Waals surface area (Å²) in [5, 5.41) is 10.4. The van der Waals surface area contributed by atoms with Gasteiger partial charge in [-0.1, -0.05) is 71.4 Å². The molecule has 1 N–H and O–H groups in total. The molecule has 120 valence electrons. The summed E-state index contributed by atoms with van der Waals surface area (Å²) >= 11 is 0. The standard InChI is InChI=1S/C20H34O/c1-4-7-9-11-13-17-15-18(6-3)20(21)19(16-17)14-12-10-8-5-2/h15-16,21H,4-14H2,1-3H3. The monoisotopic (exact) mass is 290 g/mol. The molecule has 0 unspecified atom stereocenters. The van der Waals surface area contributed by atoms with E-state index in [1.807, 2.05) is 0 Å². The van der Waals surface area contributed by atoms with Crippen molar-refractivity contribution in [3.63, 3.8) is 0 Å². The normalized spacial score (nSPS) is 11.0. The minimum absolute atomic E-state index is 0.561. The van der Waals surface area contributed by atoms with Gasteiger partial charge >= 0.3 is 0 Å². The molecule has 0 aromatic heterocycles. The number of hydrogen-bond acceptors (Lipinski definition) is 1. The highest BCUT2D eigenvalue weighted by atomic mass is 16.3. The Morgan fingerprint density at radius 1 is 0.714 bits per heavy atom. The van der Waals surface area contributed by atoms with Crippen molar-refractivity contribution in [2.24, 2.45) is 0 Å². The second-order valence-corrected chi connectivity index (χ2v) is 6.24. The minimum Gasteiger partial charge on any atom is -0.507 e. The fraction of sp³-hybridized carbons (Fsp3) is 0.700. The molecule has 0 radical (unpaired) electrons. The second kappa shape index (κ2) is 10.7. The van der Waals surface area contributed by atoms with Crippen LogP contribution >= 0.6 is 0 Å². The molecule has 0 aliphatic rings. The first-order valence-electron chi connectivity index (χ1n) is 9.06. The average molecular weight is 290 g/mol. The van der Waals surface area contributed by atoms with Gasteiger partial charge in [0.15, 0.2) is 0 Å². The van der Waals surface area contributed by atoms with Crippen LogP contribution in [0.3, 0.4) is 0 Å². The quantitative estimate of drug-likeness (QED) is 0.481. The van der Waals surface area contributed by atoms with Gasteiger partial charge in [-0.15, -0.1) is 0 Å². The molecular formula is C20H34O. The second-order valence-electron chi connectivity index (χ2n) is 6.24. The van der Waals surface area contributed by atoms with Crippen molar-refractivity contribution in [3.8, 4) is 5.75 Å². The minimum atomic E-state index is 0.561. The first-order valence-corrected chi connectivity index (χ1v) is 9.06. The summed E-state index contributed by atoms with van der Waals surface area (Å²) < 4.78 is 0. The molecule has 21 heavy (non-hydrogen) atoms. The van der Waals surface area contributed by atoms with Gasteiger partial charge in [0, 0.05) is 0 Å². The van der Waals surface area contributed by atoms with Crippen molar-refractivity contribution in [1.29, 1.82) is 0 Å². The maximum Gasteiger partial charge on any atom is 0.121 e. The smallest absolute Gasteiger partial charge is 0.121 e. The first-order chi connectivity index (χ1) is 10.2. The van der Waals surface area contributed by atoms with Crippen molar-refractivity contribution < 1.29 is 5.11 Å². The molecule has 0 spiro atoms. The first kappa shape index (κ1) is 18.1. The third kappa shape index (κ3) is 6.54. The van der Waals surface area contributed by atoms with Crippen LogP contribution in [0.15, 0.2) is 12.1 Å². The van der Waals surface area contributed by atoms with Crippen molar-refractivity contribution in [3.05, 3.63) is 28.8 Å². The lowest BCUT2D eigenvalue weighted by Gasteiger charge is -2.12. The summed E-state index contributed by atoms with van der Waals surface area (Å²) in [6.45, 7) is 6.63. The molecule has 1 aromatic rings. The van der Waals surface area contributed by atoms with E-state index >= 15 is 0 Å². The SMILES string of the molecule is CCCCCCc1cc(CC)c(O)c(CCCCCC)c1. The van der Waals surface area contributed by atoms with Gasteiger partial charge in [0.2, 0.25) is 0 Å². The molecule has 0 saturated heterocycles. The summed E-state index contributed by atoms with van der Waals surface area (Å²) in [6, 6.07) is 4.48. The van der Waals surface area contributed by atoms with E-state index in [2.05, 4.69) is 32.9 Å². The highest BCUT2D eigenvalue weighted by Gasteiger charge is 2.09. The van der Waals surface area contributed by atoms with Gasteiger partial charge in [0.25, 0.3) is 0 Å². The zero-order valence-electron chi connectivity index (χ0n) is 14.4. The summed E-state index contributed by atoms with van der Waals surface area (Å²) in [7, 11) is 0. The van der Waals surface area contributed by atoms with Gasteiger partial charge in [0.05, 0.1) is 0 Å². The van der Waals surface area contributed by atoms with Crippen molar-refractivity contribution in [1.82, 2.24) is 0 Å². The van der Waals surface area contributed by atoms with Crippen molar-refractivity contribution >= 4 is 0 Å². The number of aromatic hydroxyl groups is 1. The molecule has 1 aromatic carbocycles. The molecule has 1 rings (SSSR count). The predicted molar refractivity (Wildman–Crippen MR) is 93.2 cm³/mol. The fourth-order valence-electron chi connectivity index (χ4n) is 2.93. The lowest BCUT2D eigenvalue weighted by Crippen LogP contribution is -1.96. The van der Waals surface area contributed by atoms with Gasteiger partial charge in [-0.3, -0.25) is 0 Å². The Labute approximate surface area is 131 Å². The van der Waals surface area contributed by atoms with Gasteiger partial charge < -0.3 is 5.11 Å². The van der Waals surface area contributed by atoms with Crippen molar-refractivity contribution in [2.75, 3.05) is 0 Å². The Morgan fingerprint density at radius 2 is 1.29 bits per heavy atom. The van der Waals surface area contributed by atoms with Crippen LogP contribution in [0, 0.1) is 0 Å². The van der Waals surface area contributed by atoms with E-state index in [0.717, 1.165) is 24.8 Å². The van der Waals surface area contributed by atoms with Crippen LogP contribution < -0.4 is 0 Å². The molecule has 0 heterocycles. The van der Waals surface area contributed by atoms with Gasteiger partial charge in [0.1, 0.15) is 5.75 Å². The third-order valence-corrected chi connectivity index (χ3v) is 4.33. The molecule has 0 saturated carbocycles. The van der Waals surface area contributed by atoms with Crippen LogP contribution in [0.4, 0.5) is 0 Å². The van der Waals surface area contributed by atoms with Crippen LogP contribution in [0.25, 0.3) is 0 Å². The van der Waals surface area contributed by atoms with E-state index in [1.165, 1.54) is 62.5 Å². The summed E-state index contributed by atoms with van der Waals surface area (Å²) in [4.78, 5) is 0. The molecule has 0 aliphatic heterocycles. The molecule has 0 atom stereocenters. The number of phenols is 1. The van der Waals surface area contributed by atoms with Gasteiger partial charge in [-0.25, -0.2) is 0 Å². The Morgan fingerprint density at radius 3 is 1.86 bits per heavy atom. The zero-order valence-corrected chi connectivity index (χ0v) is 14.4. The van der Waals surface area contributed by atoms with E-state index in [0.29, 0.717) is 5.75 Å². The van der Waals surface area contributed by atoms with E-state index in [1.54, 1.807) is 0 Å². The summed E-state index contributed by atoms with van der Waals surface area (Å²) in [6.07, 6.45) is 13.4. The van der Waals surface area contributed by atoms with Crippen LogP contribution in [0.1, 0.15) is 88.8 Å². The van der Waals surface area contributed by atoms with Crippen LogP contribution in [-0.4, -0.2) is 5.11 Å². The molecule has 1 heteroatoms. The largest absolute Gasteiger partial charge is 0.507 e. The van der Waals surface area contributed by atoms with E-state index in [-0.39, 0.29) is 0 Å². The van der Waals surface area contributed by atoms with E-state index in [9.17, 15) is 5.11 Å². The Bertz CT molecular complexity index is 395. The van der Waals surface area contributed by atoms with Crippen LogP contribution in [0.2, 0.25) is 0 Å². The maximum absolute atomic E-state index is 10.4. The number of benzene rings is 1.